The number of rotatable bonds is 3. The number of likely N-dealkylation sites (tertiary alicyclic amines) is 1. The van der Waals surface area contributed by atoms with Crippen LogP contribution in [0.25, 0.3) is 0 Å². The maximum atomic E-state index is 13.2. The molecule has 0 bridgehead atoms. The van der Waals surface area contributed by atoms with Gasteiger partial charge < -0.3 is 14.2 Å². The quantitative estimate of drug-likeness (QED) is 0.856. The molecule has 0 radical (unpaired) electrons. The van der Waals surface area contributed by atoms with Crippen LogP contribution in [-0.4, -0.2) is 40.7 Å². The van der Waals surface area contributed by atoms with E-state index < -0.39 is 0 Å². The highest BCUT2D eigenvalue weighted by atomic mass is 16.5. The molecule has 1 aromatic carbocycles. The van der Waals surface area contributed by atoms with E-state index >= 15 is 0 Å². The molecule has 3 heterocycles. The molecule has 0 aliphatic carbocycles. The molecular formula is C19H23N3O3. The van der Waals surface area contributed by atoms with E-state index in [0.717, 1.165) is 57.4 Å². The van der Waals surface area contributed by atoms with Gasteiger partial charge in [-0.3, -0.25) is 4.79 Å². The summed E-state index contributed by atoms with van der Waals surface area (Å²) in [7, 11) is 0. The highest BCUT2D eigenvalue weighted by Gasteiger charge is 2.30. The number of amides is 1. The van der Waals surface area contributed by atoms with Gasteiger partial charge in [0.2, 0.25) is 6.39 Å². The van der Waals surface area contributed by atoms with Crippen molar-refractivity contribution in [3.63, 3.8) is 0 Å². The Morgan fingerprint density at radius 2 is 2.16 bits per heavy atom. The highest BCUT2D eigenvalue weighted by molar-refractivity contribution is 5.94. The van der Waals surface area contributed by atoms with Crippen LogP contribution in [-0.2, 0) is 4.74 Å². The first-order valence-corrected chi connectivity index (χ1v) is 9.08. The van der Waals surface area contributed by atoms with Crippen molar-refractivity contribution in [2.45, 2.75) is 44.1 Å². The van der Waals surface area contributed by atoms with Crippen LogP contribution in [0.5, 0.6) is 0 Å². The lowest BCUT2D eigenvalue weighted by Crippen LogP contribution is -2.35. The zero-order chi connectivity index (χ0) is 17.1. The van der Waals surface area contributed by atoms with Gasteiger partial charge in [0.05, 0.1) is 12.6 Å². The van der Waals surface area contributed by atoms with Crippen LogP contribution >= 0.6 is 0 Å². The fraction of sp³-hybridized carbons (Fsp3) is 0.526. The van der Waals surface area contributed by atoms with Crippen molar-refractivity contribution < 1.29 is 14.1 Å². The van der Waals surface area contributed by atoms with Gasteiger partial charge in [0.15, 0.2) is 5.82 Å². The van der Waals surface area contributed by atoms with Crippen LogP contribution in [0, 0.1) is 0 Å². The van der Waals surface area contributed by atoms with E-state index in [0.29, 0.717) is 11.7 Å². The van der Waals surface area contributed by atoms with Gasteiger partial charge in [0.25, 0.3) is 5.91 Å². The molecule has 1 amide bonds. The third-order valence-electron chi connectivity index (χ3n) is 5.22. The molecule has 132 valence electrons. The van der Waals surface area contributed by atoms with E-state index in [1.54, 1.807) is 0 Å². The Kier molecular flexibility index (Phi) is 4.78. The summed E-state index contributed by atoms with van der Waals surface area (Å²) >= 11 is 0. The first kappa shape index (κ1) is 16.3. The van der Waals surface area contributed by atoms with Gasteiger partial charge in [-0.2, -0.15) is 4.98 Å². The lowest BCUT2D eigenvalue weighted by Gasteiger charge is -2.28. The van der Waals surface area contributed by atoms with E-state index in [4.69, 9.17) is 9.26 Å². The number of hydrogen-bond donors (Lipinski definition) is 0. The SMILES string of the molecule is O=C(c1cccc([C@@H]2CCOC2)c1)N1CCCCC[C@@H]1c1ncon1. The van der Waals surface area contributed by atoms with Crippen molar-refractivity contribution in [1.29, 1.82) is 0 Å². The van der Waals surface area contributed by atoms with Crippen LogP contribution in [0.3, 0.4) is 0 Å². The Morgan fingerprint density at radius 3 is 2.96 bits per heavy atom. The lowest BCUT2D eigenvalue weighted by molar-refractivity contribution is 0.0670. The van der Waals surface area contributed by atoms with E-state index in [-0.39, 0.29) is 11.9 Å². The van der Waals surface area contributed by atoms with Gasteiger partial charge in [0, 0.05) is 24.6 Å². The van der Waals surface area contributed by atoms with Crippen LogP contribution in [0.4, 0.5) is 0 Å². The standard InChI is InChI=1S/C19H23N3O3/c23-19(15-6-4-5-14(11-15)16-8-10-24-12-16)22-9-3-1-2-7-17(22)18-20-13-25-21-18/h4-6,11,13,16-17H,1-3,7-10,12H2/t16-,17-/m1/s1. The van der Waals surface area contributed by atoms with E-state index in [9.17, 15) is 4.79 Å². The molecule has 6 nitrogen and oxygen atoms in total. The number of nitrogens with zero attached hydrogens (tertiary/aromatic N) is 3. The van der Waals surface area contributed by atoms with Crippen LogP contribution < -0.4 is 0 Å². The summed E-state index contributed by atoms with van der Waals surface area (Å²) in [6.45, 7) is 2.27. The number of carbonyl (C=O) groups excluding carboxylic acids is 1. The summed E-state index contributed by atoms with van der Waals surface area (Å²) < 4.78 is 10.4. The molecule has 1 aromatic heterocycles. The molecule has 0 saturated carbocycles. The van der Waals surface area contributed by atoms with Crippen LogP contribution in [0.1, 0.15) is 65.8 Å². The van der Waals surface area contributed by atoms with E-state index in [1.165, 1.54) is 12.0 Å². The maximum Gasteiger partial charge on any atom is 0.254 e. The minimum absolute atomic E-state index is 0.0532. The Balaban J connectivity index is 1.60. The Bertz CT molecular complexity index is 710. The third kappa shape index (κ3) is 3.44. The molecule has 2 saturated heterocycles. The number of aromatic nitrogens is 2. The first-order chi connectivity index (χ1) is 12.3. The summed E-state index contributed by atoms with van der Waals surface area (Å²) in [5.41, 5.74) is 1.93. The monoisotopic (exact) mass is 341 g/mol. The molecule has 2 aliphatic heterocycles. The minimum atomic E-state index is -0.104. The number of ether oxygens (including phenoxy) is 1. The average Bonchev–Trinajstić information content (AvgIpc) is 3.32. The summed E-state index contributed by atoms with van der Waals surface area (Å²) in [6, 6.07) is 7.89. The molecule has 4 rings (SSSR count). The third-order valence-corrected chi connectivity index (χ3v) is 5.22. The summed E-state index contributed by atoms with van der Waals surface area (Å²) in [5.74, 6) is 1.05. The second-order valence-corrected chi connectivity index (χ2v) is 6.84. The Hall–Kier alpha value is -2.21. The molecule has 0 unspecified atom stereocenters. The topological polar surface area (TPSA) is 68.5 Å². The number of carbonyl (C=O) groups is 1. The Morgan fingerprint density at radius 1 is 1.20 bits per heavy atom. The number of benzene rings is 1. The second-order valence-electron chi connectivity index (χ2n) is 6.84. The Labute approximate surface area is 147 Å². The van der Waals surface area contributed by atoms with Gasteiger partial charge in [-0.25, -0.2) is 0 Å². The van der Waals surface area contributed by atoms with Crippen LogP contribution in [0.15, 0.2) is 35.2 Å². The largest absolute Gasteiger partial charge is 0.381 e. The van der Waals surface area contributed by atoms with Gasteiger partial charge in [-0.15, -0.1) is 0 Å². The zero-order valence-electron chi connectivity index (χ0n) is 14.3. The van der Waals surface area contributed by atoms with Crippen molar-refractivity contribution in [3.8, 4) is 0 Å². The van der Waals surface area contributed by atoms with E-state index in [1.807, 2.05) is 23.1 Å². The molecule has 2 atom stereocenters. The lowest BCUT2D eigenvalue weighted by atomic mass is 9.96. The summed E-state index contributed by atoms with van der Waals surface area (Å²) in [5, 5.41) is 3.99. The minimum Gasteiger partial charge on any atom is -0.381 e. The molecule has 0 spiro atoms. The van der Waals surface area contributed by atoms with Crippen LogP contribution in [0.2, 0.25) is 0 Å². The summed E-state index contributed by atoms with van der Waals surface area (Å²) in [4.78, 5) is 19.4. The van der Waals surface area contributed by atoms with Crippen molar-refractivity contribution in [2.75, 3.05) is 19.8 Å². The van der Waals surface area contributed by atoms with Crippen molar-refractivity contribution in [3.05, 3.63) is 47.6 Å². The van der Waals surface area contributed by atoms with Gasteiger partial charge in [-0.05, 0) is 37.0 Å². The van der Waals surface area contributed by atoms with Crippen molar-refractivity contribution in [2.24, 2.45) is 0 Å². The van der Waals surface area contributed by atoms with Gasteiger partial charge in [-0.1, -0.05) is 30.1 Å². The van der Waals surface area contributed by atoms with Crippen molar-refractivity contribution >= 4 is 5.91 Å². The van der Waals surface area contributed by atoms with Gasteiger partial charge in [0.1, 0.15) is 0 Å². The molecular weight excluding hydrogens is 318 g/mol. The molecule has 2 aliphatic rings. The zero-order valence-corrected chi connectivity index (χ0v) is 14.3. The molecule has 6 heteroatoms. The van der Waals surface area contributed by atoms with Gasteiger partial charge >= 0.3 is 0 Å². The molecule has 2 aromatic rings. The molecule has 2 fully saturated rings. The van der Waals surface area contributed by atoms with E-state index in [2.05, 4.69) is 16.2 Å². The smallest absolute Gasteiger partial charge is 0.254 e. The average molecular weight is 341 g/mol. The molecule has 25 heavy (non-hydrogen) atoms. The number of hydrogen-bond acceptors (Lipinski definition) is 5. The maximum absolute atomic E-state index is 13.2. The van der Waals surface area contributed by atoms with Crippen molar-refractivity contribution in [1.82, 2.24) is 15.0 Å². The predicted molar refractivity (Wildman–Crippen MR) is 91.2 cm³/mol. The summed E-state index contributed by atoms with van der Waals surface area (Å²) in [6.07, 6.45) is 6.44. The normalized spacial score (nSPS) is 24.2. The fourth-order valence-electron chi connectivity index (χ4n) is 3.83. The second kappa shape index (κ2) is 7.35. The fourth-order valence-corrected chi connectivity index (χ4v) is 3.83. The predicted octanol–water partition coefficient (Wildman–Crippen LogP) is 3.33. The first-order valence-electron chi connectivity index (χ1n) is 9.08. The highest BCUT2D eigenvalue weighted by Crippen LogP contribution is 2.31. The molecule has 0 N–H and O–H groups in total.